The summed E-state index contributed by atoms with van der Waals surface area (Å²) in [7, 11) is 0. The first kappa shape index (κ1) is 18.6. The second-order valence-corrected chi connectivity index (χ2v) is 8.05. The highest BCUT2D eigenvalue weighted by molar-refractivity contribution is 7.08. The zero-order valence-corrected chi connectivity index (χ0v) is 15.2. The van der Waals surface area contributed by atoms with E-state index in [2.05, 4.69) is 10.6 Å². The lowest BCUT2D eigenvalue weighted by molar-refractivity contribution is -0.128. The van der Waals surface area contributed by atoms with Gasteiger partial charge in [-0.25, -0.2) is 0 Å². The number of Topliss-reactive ketones (excluding diaryl/α,β-unsaturated/α-hetero) is 1. The Morgan fingerprint density at radius 1 is 1.42 bits per heavy atom. The Morgan fingerprint density at radius 2 is 2.12 bits per heavy atom. The van der Waals surface area contributed by atoms with Crippen molar-refractivity contribution in [2.24, 2.45) is 5.41 Å². The van der Waals surface area contributed by atoms with E-state index in [1.807, 2.05) is 26.2 Å². The summed E-state index contributed by atoms with van der Waals surface area (Å²) in [5.41, 5.74) is 0.367. The summed E-state index contributed by atoms with van der Waals surface area (Å²) in [6.07, 6.45) is 0.106. The minimum Gasteiger partial charge on any atom is -0.368 e. The van der Waals surface area contributed by atoms with E-state index in [4.69, 9.17) is 4.74 Å². The molecule has 1 aliphatic rings. The third kappa shape index (κ3) is 4.88. The molecular weight excluding hydrogens is 328 g/mol. The van der Waals surface area contributed by atoms with Crippen LogP contribution in [0.25, 0.3) is 0 Å². The van der Waals surface area contributed by atoms with E-state index < -0.39 is 12.1 Å². The lowest BCUT2D eigenvalue weighted by atomic mass is 9.87. The maximum atomic E-state index is 12.6. The highest BCUT2D eigenvalue weighted by atomic mass is 32.1. The summed E-state index contributed by atoms with van der Waals surface area (Å²) in [5.74, 6) is -0.790. The van der Waals surface area contributed by atoms with E-state index >= 15 is 0 Å². The minimum atomic E-state index is -0.710. The van der Waals surface area contributed by atoms with Gasteiger partial charge in [-0.1, -0.05) is 20.8 Å². The van der Waals surface area contributed by atoms with Gasteiger partial charge in [0.15, 0.2) is 5.78 Å². The fourth-order valence-electron chi connectivity index (χ4n) is 2.57. The van der Waals surface area contributed by atoms with E-state index in [0.717, 1.165) is 0 Å². The number of amides is 2. The fourth-order valence-corrected chi connectivity index (χ4v) is 3.21. The quantitative estimate of drug-likeness (QED) is 0.846. The molecule has 7 heteroatoms. The standard InChI is InChI=1S/C17H24N2O4S/c1-10-14(13(20)8-23-10)19-16(22)12(7-17(2,3)4)18-15(21)11-5-6-24-9-11/h5-6,9-10,12,14H,7-8H2,1-4H3,(H,18,21)(H,19,22)/t10-,12?,14-/m0/s1. The molecule has 6 nitrogen and oxygen atoms in total. The SMILES string of the molecule is C[C@@H]1OCC(=O)[C@H]1NC(=O)C(CC(C)(C)C)NC(=O)c1ccsc1. The van der Waals surface area contributed by atoms with Gasteiger partial charge in [-0.15, -0.1) is 0 Å². The number of carbonyl (C=O) groups is 3. The van der Waals surface area contributed by atoms with E-state index in [-0.39, 0.29) is 35.7 Å². The number of hydrogen-bond acceptors (Lipinski definition) is 5. The van der Waals surface area contributed by atoms with Crippen LogP contribution in [0.3, 0.4) is 0 Å². The highest BCUT2D eigenvalue weighted by Gasteiger charge is 2.36. The van der Waals surface area contributed by atoms with Gasteiger partial charge in [-0.05, 0) is 30.2 Å². The number of ketones is 1. The van der Waals surface area contributed by atoms with Crippen molar-refractivity contribution >= 4 is 28.9 Å². The summed E-state index contributed by atoms with van der Waals surface area (Å²) in [6.45, 7) is 7.75. The first-order chi connectivity index (χ1) is 11.2. The fraction of sp³-hybridized carbons (Fsp3) is 0.588. The molecule has 3 atom stereocenters. The Labute approximate surface area is 146 Å². The average molecular weight is 352 g/mol. The van der Waals surface area contributed by atoms with Crippen molar-refractivity contribution < 1.29 is 19.1 Å². The Morgan fingerprint density at radius 3 is 2.62 bits per heavy atom. The molecule has 1 fully saturated rings. The second kappa shape index (κ2) is 7.44. The monoisotopic (exact) mass is 352 g/mol. The molecule has 2 N–H and O–H groups in total. The first-order valence-electron chi connectivity index (χ1n) is 7.95. The number of ether oxygens (including phenoxy) is 1. The van der Waals surface area contributed by atoms with E-state index in [1.165, 1.54) is 11.3 Å². The number of hydrogen-bond donors (Lipinski definition) is 2. The van der Waals surface area contributed by atoms with Crippen molar-refractivity contribution in [3.05, 3.63) is 22.4 Å². The molecule has 132 valence electrons. The molecule has 1 aliphatic heterocycles. The predicted molar refractivity (Wildman–Crippen MR) is 92.0 cm³/mol. The van der Waals surface area contributed by atoms with E-state index in [0.29, 0.717) is 12.0 Å². The second-order valence-electron chi connectivity index (χ2n) is 7.27. The molecule has 2 amide bonds. The molecule has 1 saturated heterocycles. The minimum absolute atomic E-state index is 0.0112. The van der Waals surface area contributed by atoms with Crippen LogP contribution in [0.2, 0.25) is 0 Å². The normalized spacial score (nSPS) is 22.2. The van der Waals surface area contributed by atoms with E-state index in [1.54, 1.807) is 18.4 Å². The smallest absolute Gasteiger partial charge is 0.252 e. The molecular formula is C17H24N2O4S. The van der Waals surface area contributed by atoms with Gasteiger partial charge in [-0.3, -0.25) is 14.4 Å². The van der Waals surface area contributed by atoms with Crippen LogP contribution in [0.15, 0.2) is 16.8 Å². The molecule has 24 heavy (non-hydrogen) atoms. The van der Waals surface area contributed by atoms with Gasteiger partial charge in [0.1, 0.15) is 18.7 Å². The number of nitrogens with one attached hydrogen (secondary N) is 2. The van der Waals surface area contributed by atoms with E-state index in [9.17, 15) is 14.4 Å². The Hall–Kier alpha value is -1.73. The van der Waals surface area contributed by atoms with Crippen LogP contribution in [-0.2, 0) is 14.3 Å². The lowest BCUT2D eigenvalue weighted by Crippen LogP contribution is -2.53. The molecule has 2 heterocycles. The van der Waals surface area contributed by atoms with Crippen molar-refractivity contribution in [3.8, 4) is 0 Å². The number of thiophene rings is 1. The van der Waals surface area contributed by atoms with Crippen molar-refractivity contribution in [3.63, 3.8) is 0 Å². The summed E-state index contributed by atoms with van der Waals surface area (Å²) >= 11 is 1.42. The van der Waals surface area contributed by atoms with Crippen molar-refractivity contribution in [1.82, 2.24) is 10.6 Å². The summed E-state index contributed by atoms with van der Waals surface area (Å²) in [4.78, 5) is 36.7. The van der Waals surface area contributed by atoms with Gasteiger partial charge < -0.3 is 15.4 Å². The first-order valence-corrected chi connectivity index (χ1v) is 8.89. The topological polar surface area (TPSA) is 84.5 Å². The summed E-state index contributed by atoms with van der Waals surface area (Å²) < 4.78 is 5.25. The van der Waals surface area contributed by atoms with Crippen molar-refractivity contribution in [1.29, 1.82) is 0 Å². The van der Waals surface area contributed by atoms with Crippen LogP contribution in [0.1, 0.15) is 44.5 Å². The van der Waals surface area contributed by atoms with Crippen LogP contribution in [0.5, 0.6) is 0 Å². The molecule has 2 rings (SSSR count). The van der Waals surface area contributed by atoms with Gasteiger partial charge in [0.25, 0.3) is 5.91 Å². The van der Waals surface area contributed by atoms with Crippen LogP contribution in [-0.4, -0.2) is 42.4 Å². The van der Waals surface area contributed by atoms with Gasteiger partial charge in [0.2, 0.25) is 5.91 Å². The zero-order chi connectivity index (χ0) is 17.9. The molecule has 0 aliphatic carbocycles. The largest absolute Gasteiger partial charge is 0.368 e. The van der Waals surface area contributed by atoms with Gasteiger partial charge in [0, 0.05) is 5.38 Å². The van der Waals surface area contributed by atoms with Gasteiger partial charge in [-0.2, -0.15) is 11.3 Å². The van der Waals surface area contributed by atoms with Crippen LogP contribution in [0.4, 0.5) is 0 Å². The van der Waals surface area contributed by atoms with Crippen molar-refractivity contribution in [2.45, 2.75) is 52.3 Å². The predicted octanol–water partition coefficient (Wildman–Crippen LogP) is 1.76. The molecule has 1 aromatic rings. The lowest BCUT2D eigenvalue weighted by Gasteiger charge is -2.27. The molecule has 1 aromatic heterocycles. The molecule has 0 aromatic carbocycles. The number of carbonyl (C=O) groups excluding carboxylic acids is 3. The van der Waals surface area contributed by atoms with Crippen LogP contribution >= 0.6 is 11.3 Å². The zero-order valence-electron chi connectivity index (χ0n) is 14.4. The van der Waals surface area contributed by atoms with Crippen molar-refractivity contribution in [2.75, 3.05) is 6.61 Å². The summed E-state index contributed by atoms with van der Waals surface area (Å²) in [5, 5.41) is 9.05. The third-order valence-electron chi connectivity index (χ3n) is 3.82. The average Bonchev–Trinajstić information content (AvgIpc) is 3.10. The molecule has 0 spiro atoms. The molecule has 1 unspecified atom stereocenters. The van der Waals surface area contributed by atoms with Crippen LogP contribution in [0, 0.1) is 5.41 Å². The maximum absolute atomic E-state index is 12.6. The Balaban J connectivity index is 2.08. The molecule has 0 saturated carbocycles. The molecule has 0 radical (unpaired) electrons. The third-order valence-corrected chi connectivity index (χ3v) is 4.51. The Kier molecular flexibility index (Phi) is 5.77. The van der Waals surface area contributed by atoms with Crippen LogP contribution < -0.4 is 10.6 Å². The highest BCUT2D eigenvalue weighted by Crippen LogP contribution is 2.22. The Bertz CT molecular complexity index is 607. The van der Waals surface area contributed by atoms with Gasteiger partial charge in [0.05, 0.1) is 11.7 Å². The summed E-state index contributed by atoms with van der Waals surface area (Å²) in [6, 6.07) is 0.346. The maximum Gasteiger partial charge on any atom is 0.252 e. The number of rotatable bonds is 5. The molecule has 0 bridgehead atoms. The van der Waals surface area contributed by atoms with Gasteiger partial charge >= 0.3 is 0 Å².